The van der Waals surface area contributed by atoms with Crippen molar-refractivity contribution in [3.63, 3.8) is 0 Å². The Labute approximate surface area is 120 Å². The van der Waals surface area contributed by atoms with Gasteiger partial charge in [-0.05, 0) is 24.7 Å². The van der Waals surface area contributed by atoms with E-state index in [2.05, 4.69) is 17.0 Å². The van der Waals surface area contributed by atoms with E-state index < -0.39 is 5.97 Å². The van der Waals surface area contributed by atoms with Crippen molar-refractivity contribution in [2.24, 2.45) is 12.5 Å². The predicted molar refractivity (Wildman–Crippen MR) is 76.5 cm³/mol. The SMILES string of the molecule is CCCc1nc(CC2(CC(=O)O)CCCCC2)n(C)n1. The van der Waals surface area contributed by atoms with Crippen molar-refractivity contribution in [2.75, 3.05) is 0 Å². The van der Waals surface area contributed by atoms with Gasteiger partial charge in [0.25, 0.3) is 0 Å². The summed E-state index contributed by atoms with van der Waals surface area (Å²) in [7, 11) is 1.92. The Bertz CT molecular complexity index is 462. The molecule has 1 aliphatic rings. The molecule has 0 bridgehead atoms. The second-order valence-corrected chi connectivity index (χ2v) is 6.13. The minimum absolute atomic E-state index is 0.117. The molecule has 0 spiro atoms. The third-order valence-electron chi connectivity index (χ3n) is 4.34. The Balaban J connectivity index is 2.16. The summed E-state index contributed by atoms with van der Waals surface area (Å²) >= 11 is 0. The summed E-state index contributed by atoms with van der Waals surface area (Å²) in [5.74, 6) is 1.13. The number of carboxylic acids is 1. The van der Waals surface area contributed by atoms with E-state index in [4.69, 9.17) is 0 Å². The summed E-state index contributed by atoms with van der Waals surface area (Å²) < 4.78 is 1.84. The van der Waals surface area contributed by atoms with Gasteiger partial charge in [-0.15, -0.1) is 0 Å². The van der Waals surface area contributed by atoms with Crippen LogP contribution in [0.4, 0.5) is 0 Å². The van der Waals surface area contributed by atoms with Crippen LogP contribution in [-0.4, -0.2) is 25.8 Å². The molecule has 1 saturated carbocycles. The zero-order valence-corrected chi connectivity index (χ0v) is 12.6. The fourth-order valence-electron chi connectivity index (χ4n) is 3.33. The topological polar surface area (TPSA) is 68.0 Å². The highest BCUT2D eigenvalue weighted by molar-refractivity contribution is 5.67. The van der Waals surface area contributed by atoms with Crippen molar-refractivity contribution in [3.8, 4) is 0 Å². The fraction of sp³-hybridized carbons (Fsp3) is 0.800. The van der Waals surface area contributed by atoms with Crippen molar-refractivity contribution in [1.29, 1.82) is 0 Å². The third-order valence-corrected chi connectivity index (χ3v) is 4.34. The van der Waals surface area contributed by atoms with E-state index in [9.17, 15) is 9.90 Å². The first-order valence-electron chi connectivity index (χ1n) is 7.65. The fourth-order valence-corrected chi connectivity index (χ4v) is 3.33. The number of hydrogen-bond acceptors (Lipinski definition) is 3. The van der Waals surface area contributed by atoms with Crippen molar-refractivity contribution >= 4 is 5.97 Å². The van der Waals surface area contributed by atoms with Gasteiger partial charge in [-0.25, -0.2) is 4.98 Å². The predicted octanol–water partition coefficient (Wildman–Crippen LogP) is 2.74. The van der Waals surface area contributed by atoms with Gasteiger partial charge < -0.3 is 5.11 Å². The minimum atomic E-state index is -0.692. The third kappa shape index (κ3) is 3.58. The molecule has 0 saturated heterocycles. The van der Waals surface area contributed by atoms with Gasteiger partial charge in [0.05, 0.1) is 6.42 Å². The maximum Gasteiger partial charge on any atom is 0.303 e. The molecule has 1 N–H and O–H groups in total. The monoisotopic (exact) mass is 279 g/mol. The van der Waals surface area contributed by atoms with Crippen LogP contribution in [0.3, 0.4) is 0 Å². The second kappa shape index (κ2) is 6.37. The Morgan fingerprint density at radius 2 is 2.05 bits per heavy atom. The Hall–Kier alpha value is -1.39. The van der Waals surface area contributed by atoms with Crippen molar-refractivity contribution in [1.82, 2.24) is 14.8 Å². The maximum absolute atomic E-state index is 11.2. The zero-order valence-electron chi connectivity index (χ0n) is 12.6. The number of aliphatic carboxylic acids is 1. The average molecular weight is 279 g/mol. The smallest absolute Gasteiger partial charge is 0.303 e. The molecule has 1 aliphatic carbocycles. The van der Waals surface area contributed by atoms with Crippen LogP contribution in [0.5, 0.6) is 0 Å². The van der Waals surface area contributed by atoms with Gasteiger partial charge >= 0.3 is 5.97 Å². The Kier molecular flexibility index (Phi) is 4.78. The number of nitrogens with zero attached hydrogens (tertiary/aromatic N) is 3. The lowest BCUT2D eigenvalue weighted by Crippen LogP contribution is -2.30. The van der Waals surface area contributed by atoms with Crippen LogP contribution in [-0.2, 0) is 24.7 Å². The minimum Gasteiger partial charge on any atom is -0.481 e. The summed E-state index contributed by atoms with van der Waals surface area (Å²) in [5.41, 5.74) is -0.117. The summed E-state index contributed by atoms with van der Waals surface area (Å²) in [6.07, 6.45) is 8.39. The second-order valence-electron chi connectivity index (χ2n) is 6.13. The molecule has 1 aromatic rings. The summed E-state index contributed by atoms with van der Waals surface area (Å²) in [5, 5.41) is 13.7. The van der Waals surface area contributed by atoms with Gasteiger partial charge in [0.1, 0.15) is 5.82 Å². The number of aryl methyl sites for hydroxylation is 2. The first-order valence-corrected chi connectivity index (χ1v) is 7.65. The number of rotatable bonds is 6. The van der Waals surface area contributed by atoms with E-state index in [0.29, 0.717) is 0 Å². The summed E-state index contributed by atoms with van der Waals surface area (Å²) in [4.78, 5) is 15.8. The maximum atomic E-state index is 11.2. The molecule has 1 fully saturated rings. The highest BCUT2D eigenvalue weighted by Crippen LogP contribution is 2.41. The van der Waals surface area contributed by atoms with Crippen molar-refractivity contribution in [3.05, 3.63) is 11.6 Å². The molecule has 0 radical (unpaired) electrons. The summed E-state index contributed by atoms with van der Waals surface area (Å²) in [6, 6.07) is 0. The number of carboxylic acid groups (broad SMARTS) is 1. The van der Waals surface area contributed by atoms with Crippen LogP contribution in [0.15, 0.2) is 0 Å². The van der Waals surface area contributed by atoms with Gasteiger partial charge in [-0.1, -0.05) is 26.2 Å². The molecule has 5 nitrogen and oxygen atoms in total. The standard InChI is InChI=1S/C15H25N3O2/c1-3-7-12-16-13(18(2)17-12)10-15(11-14(19)20)8-5-4-6-9-15/h3-11H2,1-2H3,(H,19,20). The van der Waals surface area contributed by atoms with Crippen LogP contribution < -0.4 is 0 Å². The quantitative estimate of drug-likeness (QED) is 0.869. The van der Waals surface area contributed by atoms with Crippen LogP contribution in [0.1, 0.15) is 63.5 Å². The average Bonchev–Trinajstić information content (AvgIpc) is 2.70. The molecule has 112 valence electrons. The van der Waals surface area contributed by atoms with Crippen molar-refractivity contribution < 1.29 is 9.90 Å². The van der Waals surface area contributed by atoms with Crippen LogP contribution >= 0.6 is 0 Å². The Morgan fingerprint density at radius 1 is 1.35 bits per heavy atom. The molecule has 1 heterocycles. The first-order chi connectivity index (χ1) is 9.54. The number of aromatic nitrogens is 3. The van der Waals surface area contributed by atoms with E-state index in [1.807, 2.05) is 11.7 Å². The van der Waals surface area contributed by atoms with E-state index >= 15 is 0 Å². The normalized spacial score (nSPS) is 18.1. The highest BCUT2D eigenvalue weighted by Gasteiger charge is 2.36. The van der Waals surface area contributed by atoms with E-state index in [1.54, 1.807) is 0 Å². The van der Waals surface area contributed by atoms with E-state index in [-0.39, 0.29) is 11.8 Å². The van der Waals surface area contributed by atoms with Gasteiger partial charge in [0.2, 0.25) is 0 Å². The Morgan fingerprint density at radius 3 is 2.65 bits per heavy atom. The molecule has 0 unspecified atom stereocenters. The molecule has 0 amide bonds. The van der Waals surface area contributed by atoms with Gasteiger partial charge in [0.15, 0.2) is 5.82 Å². The zero-order chi connectivity index (χ0) is 14.6. The molecule has 2 rings (SSSR count). The molecule has 0 aromatic carbocycles. The van der Waals surface area contributed by atoms with Gasteiger partial charge in [-0.2, -0.15) is 5.10 Å². The lowest BCUT2D eigenvalue weighted by atomic mass is 9.69. The van der Waals surface area contributed by atoms with E-state index in [0.717, 1.165) is 56.6 Å². The van der Waals surface area contributed by atoms with Gasteiger partial charge in [0, 0.05) is 19.9 Å². The summed E-state index contributed by atoms with van der Waals surface area (Å²) in [6.45, 7) is 2.11. The highest BCUT2D eigenvalue weighted by atomic mass is 16.4. The molecular formula is C15H25N3O2. The largest absolute Gasteiger partial charge is 0.481 e. The van der Waals surface area contributed by atoms with Crippen LogP contribution in [0.25, 0.3) is 0 Å². The lowest BCUT2D eigenvalue weighted by molar-refractivity contribution is -0.140. The van der Waals surface area contributed by atoms with Crippen molar-refractivity contribution in [2.45, 2.75) is 64.7 Å². The molecule has 1 aromatic heterocycles. The van der Waals surface area contributed by atoms with Crippen LogP contribution in [0.2, 0.25) is 0 Å². The van der Waals surface area contributed by atoms with Gasteiger partial charge in [-0.3, -0.25) is 9.48 Å². The lowest BCUT2D eigenvalue weighted by Gasteiger charge is -2.35. The molecule has 0 aliphatic heterocycles. The molecule has 20 heavy (non-hydrogen) atoms. The number of carbonyl (C=O) groups is 1. The number of hydrogen-bond donors (Lipinski definition) is 1. The van der Waals surface area contributed by atoms with Crippen LogP contribution in [0, 0.1) is 5.41 Å². The molecule has 5 heteroatoms. The molecule has 0 atom stereocenters. The van der Waals surface area contributed by atoms with E-state index in [1.165, 1.54) is 6.42 Å². The first kappa shape index (κ1) is 15.0. The molecular weight excluding hydrogens is 254 g/mol.